The summed E-state index contributed by atoms with van der Waals surface area (Å²) in [5, 5.41) is 0. The molecule has 0 heterocycles. The van der Waals surface area contributed by atoms with Crippen molar-refractivity contribution in [3.63, 3.8) is 0 Å². The molecule has 0 aliphatic heterocycles. The maximum Gasteiger partial charge on any atom is 0.300 e. The van der Waals surface area contributed by atoms with Gasteiger partial charge >= 0.3 is 10.1 Å². The molecule has 156 valence electrons. The zero-order valence-electron chi connectivity index (χ0n) is 15.4. The van der Waals surface area contributed by atoms with Crippen molar-refractivity contribution in [1.29, 1.82) is 0 Å². The fourth-order valence-corrected chi connectivity index (χ4v) is 3.34. The molecule has 4 nitrogen and oxygen atoms in total. The Morgan fingerprint density at radius 1 is 0.741 bits per heavy atom. The Hall–Kier alpha value is -1.35. The van der Waals surface area contributed by atoms with Crippen molar-refractivity contribution in [3.05, 3.63) is 23.3 Å². The Morgan fingerprint density at radius 3 is 1.56 bits per heavy atom. The van der Waals surface area contributed by atoms with Crippen molar-refractivity contribution in [2.75, 3.05) is 6.61 Å². The monoisotopic (exact) mass is 414 g/mol. The summed E-state index contributed by atoms with van der Waals surface area (Å²) in [4.78, 5) is -2.07. The Labute approximate surface area is 157 Å². The molecule has 0 aromatic heterocycles. The third-order valence-corrected chi connectivity index (χ3v) is 5.06. The molecule has 27 heavy (non-hydrogen) atoms. The predicted molar refractivity (Wildman–Crippen MR) is 93.4 cm³/mol. The molecule has 0 aliphatic rings. The number of unbranched alkanes of at least 4 members (excludes halogenated alkanes) is 9. The van der Waals surface area contributed by atoms with Gasteiger partial charge in [-0.2, -0.15) is 17.2 Å². The normalized spacial score (nSPS) is 11.8. The Bertz CT molecular complexity index is 679. The van der Waals surface area contributed by atoms with Crippen LogP contribution >= 0.6 is 0 Å². The highest BCUT2D eigenvalue weighted by molar-refractivity contribution is 7.85. The van der Waals surface area contributed by atoms with E-state index in [4.69, 9.17) is 9.29 Å². The first-order chi connectivity index (χ1) is 12.7. The van der Waals surface area contributed by atoms with Crippen LogP contribution in [-0.2, 0) is 10.1 Å². The van der Waals surface area contributed by atoms with E-state index in [2.05, 4.69) is 6.92 Å². The van der Waals surface area contributed by atoms with E-state index < -0.39 is 44.0 Å². The van der Waals surface area contributed by atoms with Crippen LogP contribution < -0.4 is 4.74 Å². The molecular weight excluding hydrogens is 388 g/mol. The van der Waals surface area contributed by atoms with Gasteiger partial charge < -0.3 is 4.74 Å². The molecule has 0 amide bonds. The summed E-state index contributed by atoms with van der Waals surface area (Å²) in [7, 11) is -5.46. The van der Waals surface area contributed by atoms with Crippen LogP contribution in [0.15, 0.2) is 4.90 Å². The van der Waals surface area contributed by atoms with Crippen molar-refractivity contribution in [1.82, 2.24) is 0 Å². The minimum Gasteiger partial charge on any atom is -0.487 e. The van der Waals surface area contributed by atoms with Gasteiger partial charge in [-0.15, -0.1) is 0 Å². The van der Waals surface area contributed by atoms with E-state index in [1.54, 1.807) is 0 Å². The number of benzene rings is 1. The van der Waals surface area contributed by atoms with E-state index in [-0.39, 0.29) is 6.61 Å². The molecule has 0 bridgehead atoms. The Balaban J connectivity index is 2.44. The van der Waals surface area contributed by atoms with Gasteiger partial charge in [-0.3, -0.25) is 4.55 Å². The molecule has 0 saturated carbocycles. The van der Waals surface area contributed by atoms with Gasteiger partial charge in [0, 0.05) is 0 Å². The first kappa shape index (κ1) is 23.7. The lowest BCUT2D eigenvalue weighted by atomic mass is 10.1. The van der Waals surface area contributed by atoms with Crippen molar-refractivity contribution >= 4 is 10.1 Å². The maximum absolute atomic E-state index is 13.8. The number of hydrogen-bond donors (Lipinski definition) is 1. The zero-order chi connectivity index (χ0) is 20.4. The fraction of sp³-hybridized carbons (Fsp3) is 0.667. The SMILES string of the molecule is CCCCCCCCCCCCOc1c(F)c(F)c(S(=O)(=O)O)c(F)c1F. The number of halogens is 4. The lowest BCUT2D eigenvalue weighted by molar-refractivity contribution is 0.258. The van der Waals surface area contributed by atoms with Crippen molar-refractivity contribution in [2.45, 2.75) is 76.0 Å². The Morgan fingerprint density at radius 2 is 1.15 bits per heavy atom. The maximum atomic E-state index is 13.8. The molecule has 1 aromatic carbocycles. The average Bonchev–Trinajstić information content (AvgIpc) is 2.59. The highest BCUT2D eigenvalue weighted by atomic mass is 32.2. The average molecular weight is 414 g/mol. The van der Waals surface area contributed by atoms with Gasteiger partial charge in [0.25, 0.3) is 0 Å². The molecule has 0 fully saturated rings. The van der Waals surface area contributed by atoms with Crippen LogP contribution in [0.3, 0.4) is 0 Å². The number of rotatable bonds is 13. The van der Waals surface area contributed by atoms with Gasteiger partial charge in [-0.25, -0.2) is 8.78 Å². The summed E-state index contributed by atoms with van der Waals surface area (Å²) in [5.41, 5.74) is 0. The van der Waals surface area contributed by atoms with E-state index >= 15 is 0 Å². The topological polar surface area (TPSA) is 63.6 Å². The van der Waals surface area contributed by atoms with E-state index in [0.717, 1.165) is 25.7 Å². The molecule has 0 saturated heterocycles. The zero-order valence-corrected chi connectivity index (χ0v) is 16.2. The quantitative estimate of drug-likeness (QED) is 0.192. The number of hydrogen-bond acceptors (Lipinski definition) is 3. The molecule has 0 atom stereocenters. The molecular formula is C18H26F4O4S. The van der Waals surface area contributed by atoms with Crippen LogP contribution in [0, 0.1) is 23.3 Å². The van der Waals surface area contributed by atoms with Crippen molar-refractivity contribution < 1.29 is 35.3 Å². The number of ether oxygens (including phenoxy) is 1. The highest BCUT2D eigenvalue weighted by Gasteiger charge is 2.33. The standard InChI is InChI=1S/C18H26F4O4S/c1-2-3-4-5-6-7-8-9-10-11-12-26-17-13(19)15(21)18(27(23,24)25)16(22)14(17)20/h2-12H2,1H3,(H,23,24,25). The first-order valence-corrected chi connectivity index (χ1v) is 10.6. The van der Waals surface area contributed by atoms with Crippen LogP contribution in [0.25, 0.3) is 0 Å². The third-order valence-electron chi connectivity index (χ3n) is 4.19. The smallest absolute Gasteiger partial charge is 0.300 e. The van der Waals surface area contributed by atoms with Crippen LogP contribution in [0.5, 0.6) is 5.75 Å². The van der Waals surface area contributed by atoms with Gasteiger partial charge in [-0.1, -0.05) is 64.7 Å². The molecule has 1 rings (SSSR count). The second kappa shape index (κ2) is 11.5. The summed E-state index contributed by atoms with van der Waals surface area (Å²) < 4.78 is 89.9. The summed E-state index contributed by atoms with van der Waals surface area (Å²) in [6.45, 7) is 1.99. The van der Waals surface area contributed by atoms with Gasteiger partial charge in [0.15, 0.2) is 22.3 Å². The largest absolute Gasteiger partial charge is 0.487 e. The highest BCUT2D eigenvalue weighted by Crippen LogP contribution is 2.32. The van der Waals surface area contributed by atoms with Crippen molar-refractivity contribution in [2.24, 2.45) is 0 Å². The first-order valence-electron chi connectivity index (χ1n) is 9.18. The minimum atomic E-state index is -5.46. The fourth-order valence-electron chi connectivity index (χ4n) is 2.71. The molecule has 0 spiro atoms. The van der Waals surface area contributed by atoms with Gasteiger partial charge in [0.2, 0.25) is 11.6 Å². The van der Waals surface area contributed by atoms with Gasteiger partial charge in [0.05, 0.1) is 6.61 Å². The summed E-state index contributed by atoms with van der Waals surface area (Å²) in [5.74, 6) is -9.74. The third kappa shape index (κ3) is 7.29. The molecule has 9 heteroatoms. The lowest BCUT2D eigenvalue weighted by Gasteiger charge is -2.11. The van der Waals surface area contributed by atoms with Crippen LogP contribution in [0.1, 0.15) is 71.1 Å². The van der Waals surface area contributed by atoms with E-state index in [1.807, 2.05) is 0 Å². The van der Waals surface area contributed by atoms with Crippen LogP contribution in [0.4, 0.5) is 17.6 Å². The molecule has 1 N–H and O–H groups in total. The second-order valence-electron chi connectivity index (χ2n) is 6.42. The van der Waals surface area contributed by atoms with E-state index in [9.17, 15) is 26.0 Å². The summed E-state index contributed by atoms with van der Waals surface area (Å²) >= 11 is 0. The van der Waals surface area contributed by atoms with E-state index in [0.29, 0.717) is 6.42 Å². The molecule has 1 aromatic rings. The van der Waals surface area contributed by atoms with E-state index in [1.165, 1.54) is 32.1 Å². The van der Waals surface area contributed by atoms with Crippen molar-refractivity contribution in [3.8, 4) is 5.75 Å². The summed E-state index contributed by atoms with van der Waals surface area (Å²) in [6, 6.07) is 0. The molecule has 0 unspecified atom stereocenters. The summed E-state index contributed by atoms with van der Waals surface area (Å²) in [6.07, 6.45) is 10.3. The van der Waals surface area contributed by atoms with Gasteiger partial charge in [-0.05, 0) is 6.42 Å². The molecule has 0 aliphatic carbocycles. The molecule has 0 radical (unpaired) electrons. The minimum absolute atomic E-state index is 0.172. The van der Waals surface area contributed by atoms with Gasteiger partial charge in [0.1, 0.15) is 0 Å². The Kier molecular flexibility index (Phi) is 10.1. The van der Waals surface area contributed by atoms with Crippen LogP contribution in [0.2, 0.25) is 0 Å². The predicted octanol–water partition coefficient (Wildman–Crippen LogP) is 5.79. The lowest BCUT2D eigenvalue weighted by Crippen LogP contribution is -2.12. The second-order valence-corrected chi connectivity index (χ2v) is 7.78. The van der Waals surface area contributed by atoms with Crippen LogP contribution in [-0.4, -0.2) is 19.6 Å².